The van der Waals surface area contributed by atoms with Crippen molar-refractivity contribution in [2.75, 3.05) is 120 Å². The lowest BCUT2D eigenvalue weighted by Crippen LogP contribution is -2.54. The number of guanidine groups is 7. The first-order valence-electron chi connectivity index (χ1n) is 47.4. The highest BCUT2D eigenvalue weighted by Gasteiger charge is 2.35. The molecule has 5 aliphatic heterocycles. The van der Waals surface area contributed by atoms with Crippen molar-refractivity contribution in [1.82, 2.24) is 44.6 Å². The first-order valence-corrected chi connectivity index (χ1v) is 51.1. The molecule has 10 aromatic rings. The van der Waals surface area contributed by atoms with E-state index in [0.29, 0.717) is 126 Å². The van der Waals surface area contributed by atoms with Crippen LogP contribution in [0, 0.1) is 45.4 Å². The van der Waals surface area contributed by atoms with E-state index in [1.54, 1.807) is 59.5 Å². The summed E-state index contributed by atoms with van der Waals surface area (Å²) in [5.74, 6) is 6.63. The van der Waals surface area contributed by atoms with Gasteiger partial charge in [-0.1, -0.05) is 157 Å². The lowest BCUT2D eigenvalue weighted by molar-refractivity contribution is -0.119. The molecule has 20 N–H and O–H groups in total. The van der Waals surface area contributed by atoms with Gasteiger partial charge in [-0.05, 0) is 264 Å². The molecule has 0 bridgehead atoms. The first-order chi connectivity index (χ1) is 68.5. The van der Waals surface area contributed by atoms with Gasteiger partial charge in [0, 0.05) is 139 Å². The lowest BCUT2D eigenvalue weighted by Gasteiger charge is -2.38. The Bertz CT molecular complexity index is 6440. The highest BCUT2D eigenvalue weighted by molar-refractivity contribution is 7.86. The highest BCUT2D eigenvalue weighted by Crippen LogP contribution is 2.34. The van der Waals surface area contributed by atoms with Crippen molar-refractivity contribution in [3.63, 3.8) is 0 Å². The number of Topliss-reactive ketones (excluding diaryl/α,β-unsaturated/α-hetero) is 2. The van der Waals surface area contributed by atoms with Crippen molar-refractivity contribution >= 4 is 197 Å². The number of hydrogen-bond donors (Lipinski definition) is 13. The normalized spacial score (nSPS) is 17.0. The molecular formula is C101H128Cl6FN31O4S. The van der Waals surface area contributed by atoms with Gasteiger partial charge >= 0.3 is 10.2 Å². The summed E-state index contributed by atoms with van der Waals surface area (Å²) in [7, 11) is -4.77. The zero-order valence-corrected chi connectivity index (χ0v) is 88.1. The van der Waals surface area contributed by atoms with Crippen LogP contribution in [0.4, 0.5) is 67.6 Å². The molecule has 766 valence electrons. The van der Waals surface area contributed by atoms with Crippen LogP contribution in [0.15, 0.2) is 210 Å². The Kier molecular flexibility index (Phi) is 40.9. The average molecular weight is 2100 g/mol. The zero-order valence-electron chi connectivity index (χ0n) is 82.7. The smallest absolute Gasteiger partial charge is 0.332 e. The van der Waals surface area contributed by atoms with E-state index in [9.17, 15) is 21.9 Å². The van der Waals surface area contributed by atoms with Crippen molar-refractivity contribution < 1.29 is 21.9 Å². The number of rotatable bonds is 31. The van der Waals surface area contributed by atoms with Gasteiger partial charge in [0.2, 0.25) is 41.7 Å². The van der Waals surface area contributed by atoms with Crippen molar-refractivity contribution in [2.45, 2.75) is 157 Å². The summed E-state index contributed by atoms with van der Waals surface area (Å²) < 4.78 is 35.3. The molecule has 15 rings (SSSR count). The first kappa shape index (κ1) is 112. The number of likely N-dealkylation sites (tertiary alicyclic amines) is 3. The molecule has 0 saturated carbocycles. The van der Waals surface area contributed by atoms with Crippen LogP contribution < -0.4 is 81.8 Å². The van der Waals surface area contributed by atoms with E-state index in [1.807, 2.05) is 150 Å². The Labute approximate surface area is 871 Å². The third kappa shape index (κ3) is 35.4. The van der Waals surface area contributed by atoms with E-state index < -0.39 is 21.5 Å². The second-order valence-corrected chi connectivity index (χ2v) is 40.2. The van der Waals surface area contributed by atoms with E-state index in [4.69, 9.17) is 110 Å². The van der Waals surface area contributed by atoms with Crippen molar-refractivity contribution in [2.24, 2.45) is 92.8 Å². The Morgan fingerprint density at radius 1 is 0.438 bits per heavy atom. The fraction of sp³-hybridized carbons (Fsp3) is 0.376. The molecule has 8 heterocycles. The summed E-state index contributed by atoms with van der Waals surface area (Å²) in [5, 5.41) is 22.0. The van der Waals surface area contributed by atoms with Gasteiger partial charge in [-0.3, -0.25) is 19.4 Å². The summed E-state index contributed by atoms with van der Waals surface area (Å²) in [6, 6.07) is 50.6. The number of carbonyl (C=O) groups is 2. The number of carbonyl (C=O) groups excluding carboxylic acids is 2. The number of hydrogen-bond acceptors (Lipinski definition) is 29. The quantitative estimate of drug-likeness (QED) is 0.0109. The minimum Gasteiger partial charge on any atom is -0.370 e. The maximum absolute atomic E-state index is 13.2. The van der Waals surface area contributed by atoms with Gasteiger partial charge in [-0.15, -0.1) is 3.89 Å². The Balaban J connectivity index is 0.000000172. The largest absolute Gasteiger partial charge is 0.370 e. The van der Waals surface area contributed by atoms with Gasteiger partial charge in [0.1, 0.15) is 45.2 Å². The molecule has 0 amide bonds. The minimum absolute atomic E-state index is 0.00249. The van der Waals surface area contributed by atoms with Crippen LogP contribution in [0.5, 0.6) is 0 Å². The Morgan fingerprint density at radius 2 is 0.847 bits per heavy atom. The van der Waals surface area contributed by atoms with E-state index in [2.05, 4.69) is 132 Å². The SMILES string of the molecule is CC1(C)N=C(N)N=C(N)N1c1cccc(CCC(=O)Cc2ccccc2)c1.CCN1CCC(CNc2cc(C)nc(N=C(N)Nc3cc(Cl)cc(Cl)c3)n2)C1.CCN1CCC(CNc2cc(C)nc(N=C(N)Nc3ccc(Cl)c(Cl)c3)n2)C1.CCN1CCCC(CNc2cc(C)nc(N=C(N)Nc3ccc(Cl)c(Cl)c3)n2)C1.Cc1cc(CC(=O)CCc2ccc(N3C(N)=NC(N)=NC3(C)C)cc2)ccc1S(=O)(=O)F. The van der Waals surface area contributed by atoms with Crippen LogP contribution in [0.25, 0.3) is 0 Å². The van der Waals surface area contributed by atoms with Crippen LogP contribution in [0.1, 0.15) is 132 Å². The molecular weight excluding hydrogens is 1980 g/mol. The Hall–Kier alpha value is -12.7. The maximum Gasteiger partial charge on any atom is 0.332 e. The number of nitrogens with one attached hydrogen (secondary N) is 6. The molecule has 144 heavy (non-hydrogen) atoms. The number of nitrogens with two attached hydrogens (primary N) is 7. The summed E-state index contributed by atoms with van der Waals surface area (Å²) in [5.41, 5.74) is 50.4. The summed E-state index contributed by atoms with van der Waals surface area (Å²) in [6.45, 7) is 34.3. The molecule has 0 aliphatic carbocycles. The topological polar surface area (TPSA) is 503 Å². The molecule has 35 nitrogen and oxygen atoms in total. The Morgan fingerprint density at radius 3 is 1.27 bits per heavy atom. The summed E-state index contributed by atoms with van der Waals surface area (Å²) in [6.07, 6.45) is 7.55. The van der Waals surface area contributed by atoms with E-state index in [1.165, 1.54) is 57.4 Å². The van der Waals surface area contributed by atoms with Crippen molar-refractivity contribution in [3.8, 4) is 0 Å². The molecule has 43 heteroatoms. The number of anilines is 8. The monoisotopic (exact) mass is 2100 g/mol. The third-order valence-corrected chi connectivity index (χ3v) is 26.7. The fourth-order valence-electron chi connectivity index (χ4n) is 16.8. The third-order valence-electron chi connectivity index (χ3n) is 23.8. The molecule has 3 fully saturated rings. The lowest BCUT2D eigenvalue weighted by atomic mass is 9.98. The van der Waals surface area contributed by atoms with Crippen LogP contribution in [-0.4, -0.2) is 196 Å². The molecule has 3 unspecified atom stereocenters. The number of halogens is 7. The molecule has 3 saturated heterocycles. The number of aliphatic imine (C=N–C) groups is 7. The summed E-state index contributed by atoms with van der Waals surface area (Å²) in [4.78, 5) is 91.4. The standard InChI is InChI=1S/C22H26FN5O3S.C21H25N5O.C20H27Cl2N7.2C19H25Cl2N7/c1-14-12-16(7-11-19(14)32(23,30)31)13-18(29)10-6-15-4-8-17(9-5-15)28-21(25)26-20(24)27-22(28,2)3;1-21(2)25-19(22)24-20(23)26(21)17-10-6-9-16(13-17)11-12-18(27)14-15-7-4-3-5-8-15;1-3-29-8-4-5-14(12-29)11-24-18-9-13(2)25-20(27-18)28-19(23)26-15-6-7-16(21)17(22)10-15;1-3-28-5-4-13(11-28)10-23-17-6-12(2)24-19(26-17)27-18(22)25-16-8-14(20)7-15(21)9-16;1-3-28-7-6-13(11-28)10-23-17-8-12(2)24-19(26-17)27-18(22)25-14-4-5-15(20)16(21)9-14/h4-5,7-9,11-12H,6,10,13H2,1-3H3,(H4,24,25,26,27);3-10,13H,11-12,14H2,1-2H3,(H4,22,23,24,25);6-7,9-10,14H,3-5,8,11-12H2,1-2H3,(H4,23,24,25,26,27,28);6-9,13H,3-5,10-11H2,1-2H3,(H4,22,23,24,25,26,27);4-5,8-9,13H,3,6-7,10-11H2,1-2H3,(H4,22,23,24,25,26,27). The van der Waals surface area contributed by atoms with Crippen LogP contribution in [-0.2, 0) is 45.5 Å². The molecule has 3 atom stereocenters. The fourth-order valence-corrected chi connectivity index (χ4v) is 18.6. The van der Waals surface area contributed by atoms with Gasteiger partial charge in [-0.25, -0.2) is 24.9 Å². The predicted octanol–water partition coefficient (Wildman–Crippen LogP) is 17.3. The second kappa shape index (κ2) is 52.7. The molecule has 0 radical (unpaired) electrons. The van der Waals surface area contributed by atoms with E-state index >= 15 is 0 Å². The molecule has 0 spiro atoms. The molecule has 7 aromatic carbocycles. The van der Waals surface area contributed by atoms with Crippen LogP contribution >= 0.6 is 69.6 Å². The van der Waals surface area contributed by atoms with Crippen LogP contribution in [0.2, 0.25) is 30.1 Å². The number of benzene rings is 7. The van der Waals surface area contributed by atoms with Crippen LogP contribution in [0.3, 0.4) is 0 Å². The highest BCUT2D eigenvalue weighted by atomic mass is 35.5. The molecule has 3 aromatic heterocycles. The number of aromatic nitrogens is 6. The summed E-state index contributed by atoms with van der Waals surface area (Å²) >= 11 is 35.9. The molecule has 5 aliphatic rings. The van der Waals surface area contributed by atoms with Crippen molar-refractivity contribution in [1.29, 1.82) is 0 Å². The van der Waals surface area contributed by atoms with Gasteiger partial charge < -0.3 is 86.7 Å². The number of piperidine rings is 1. The van der Waals surface area contributed by atoms with Gasteiger partial charge in [0.15, 0.2) is 0 Å². The second-order valence-electron chi connectivity index (χ2n) is 36.3. The average Bonchev–Trinajstić information content (AvgIpc) is 1.00. The zero-order chi connectivity index (χ0) is 104. The predicted molar refractivity (Wildman–Crippen MR) is 588 cm³/mol. The number of aryl methyl sites for hydroxylation is 6. The van der Waals surface area contributed by atoms with Gasteiger partial charge in [0.05, 0.1) is 20.1 Å². The van der Waals surface area contributed by atoms with Crippen molar-refractivity contribution in [3.05, 3.63) is 245 Å². The number of nitrogens with zero attached hydrogens (tertiary/aromatic N) is 18. The van der Waals surface area contributed by atoms with Gasteiger partial charge in [0.25, 0.3) is 17.8 Å². The minimum atomic E-state index is -4.77. The van der Waals surface area contributed by atoms with E-state index in [0.717, 1.165) is 135 Å². The van der Waals surface area contributed by atoms with E-state index in [-0.39, 0.29) is 64.2 Å². The number of ketones is 2. The maximum atomic E-state index is 13.2. The van der Waals surface area contributed by atoms with Gasteiger partial charge in [-0.2, -0.15) is 48.3 Å².